The van der Waals surface area contributed by atoms with Crippen molar-refractivity contribution < 1.29 is 27.8 Å². The maximum absolute atomic E-state index is 12.6. The summed E-state index contributed by atoms with van der Waals surface area (Å²) in [6.45, 7) is 3.83. The fourth-order valence-corrected chi connectivity index (χ4v) is 3.94. The average Bonchev–Trinajstić information content (AvgIpc) is 3.16. The van der Waals surface area contributed by atoms with Crippen molar-refractivity contribution in [3.8, 4) is 17.2 Å². The van der Waals surface area contributed by atoms with Gasteiger partial charge in [0.05, 0.1) is 27.6 Å². The first kappa shape index (κ1) is 22.3. The van der Waals surface area contributed by atoms with E-state index < -0.39 is 5.63 Å². The van der Waals surface area contributed by atoms with Gasteiger partial charge in [0.1, 0.15) is 11.2 Å². The average molecular weight is 451 g/mol. The molecule has 2 aromatic heterocycles. The number of rotatable bonds is 7. The summed E-state index contributed by atoms with van der Waals surface area (Å²) in [6.07, 6.45) is 2.01. The lowest BCUT2D eigenvalue weighted by Gasteiger charge is -2.14. The molecule has 4 rings (SSSR count). The smallest absolute Gasteiger partial charge is 0.339 e. The van der Waals surface area contributed by atoms with Gasteiger partial charge in [-0.25, -0.2) is 4.79 Å². The first-order chi connectivity index (χ1) is 15.9. The van der Waals surface area contributed by atoms with Gasteiger partial charge in [-0.2, -0.15) is 0 Å². The SMILES string of the molecule is COc1cc(NC(=O)CCc2c(C)c3cc4c(C)coc4cc3oc2=O)cc(OC)c1OC. The van der Waals surface area contributed by atoms with Crippen LogP contribution in [0.2, 0.25) is 0 Å². The molecule has 2 aromatic carbocycles. The van der Waals surface area contributed by atoms with E-state index in [1.165, 1.54) is 21.3 Å². The molecule has 0 saturated heterocycles. The predicted octanol–water partition coefficient (Wildman–Crippen LogP) is 4.75. The molecule has 8 nitrogen and oxygen atoms in total. The Labute approximate surface area is 190 Å². The lowest BCUT2D eigenvalue weighted by Crippen LogP contribution is -2.16. The van der Waals surface area contributed by atoms with Crippen LogP contribution in [0.4, 0.5) is 5.69 Å². The molecular formula is C25H25NO7. The third-order valence-corrected chi connectivity index (χ3v) is 5.73. The lowest BCUT2D eigenvalue weighted by atomic mass is 10.0. The Bertz CT molecular complexity index is 1390. The number of carbonyl (C=O) groups is 1. The first-order valence-electron chi connectivity index (χ1n) is 10.4. The zero-order valence-electron chi connectivity index (χ0n) is 19.2. The number of benzene rings is 2. The Kier molecular flexibility index (Phi) is 6.00. The molecule has 0 saturated carbocycles. The van der Waals surface area contributed by atoms with E-state index in [-0.39, 0.29) is 18.7 Å². The fraction of sp³-hybridized carbons (Fsp3) is 0.280. The quantitative estimate of drug-likeness (QED) is 0.405. The Morgan fingerprint density at radius 2 is 1.64 bits per heavy atom. The fourth-order valence-electron chi connectivity index (χ4n) is 3.94. The van der Waals surface area contributed by atoms with Crippen molar-refractivity contribution in [3.05, 3.63) is 57.6 Å². The highest BCUT2D eigenvalue weighted by atomic mass is 16.5. The van der Waals surface area contributed by atoms with Crippen LogP contribution in [0.15, 0.2) is 44.2 Å². The summed E-state index contributed by atoms with van der Waals surface area (Å²) in [4.78, 5) is 25.3. The van der Waals surface area contributed by atoms with Crippen molar-refractivity contribution in [2.75, 3.05) is 26.6 Å². The Hall–Kier alpha value is -3.94. The second-order valence-electron chi connectivity index (χ2n) is 7.72. The van der Waals surface area contributed by atoms with Crippen LogP contribution < -0.4 is 25.2 Å². The molecule has 0 aliphatic carbocycles. The van der Waals surface area contributed by atoms with Crippen molar-refractivity contribution in [1.82, 2.24) is 0 Å². The van der Waals surface area contributed by atoms with Gasteiger partial charge in [0, 0.05) is 46.6 Å². The zero-order chi connectivity index (χ0) is 23.7. The van der Waals surface area contributed by atoms with E-state index in [1.54, 1.807) is 24.5 Å². The van der Waals surface area contributed by atoms with E-state index in [2.05, 4.69) is 5.32 Å². The molecule has 0 aliphatic rings. The molecule has 1 amide bonds. The van der Waals surface area contributed by atoms with Crippen LogP contribution in [0.25, 0.3) is 21.9 Å². The summed E-state index contributed by atoms with van der Waals surface area (Å²) in [5, 5.41) is 4.61. The number of ether oxygens (including phenoxy) is 3. The minimum absolute atomic E-state index is 0.0980. The van der Waals surface area contributed by atoms with Crippen molar-refractivity contribution in [2.24, 2.45) is 0 Å². The molecular weight excluding hydrogens is 426 g/mol. The second-order valence-corrected chi connectivity index (χ2v) is 7.72. The number of hydrogen-bond donors (Lipinski definition) is 1. The number of anilines is 1. The molecule has 0 bridgehead atoms. The molecule has 0 atom stereocenters. The van der Waals surface area contributed by atoms with E-state index in [0.717, 1.165) is 21.9 Å². The Balaban J connectivity index is 1.57. The molecule has 4 aromatic rings. The molecule has 8 heteroatoms. The third kappa shape index (κ3) is 4.11. The normalized spacial score (nSPS) is 11.1. The van der Waals surface area contributed by atoms with Gasteiger partial charge in [-0.15, -0.1) is 0 Å². The topological polar surface area (TPSA) is 100 Å². The largest absolute Gasteiger partial charge is 0.493 e. The Morgan fingerprint density at radius 3 is 2.27 bits per heavy atom. The summed E-state index contributed by atoms with van der Waals surface area (Å²) in [6, 6.07) is 6.98. The summed E-state index contributed by atoms with van der Waals surface area (Å²) in [5.41, 5.74) is 3.44. The first-order valence-corrected chi connectivity index (χ1v) is 10.4. The van der Waals surface area contributed by atoms with E-state index in [0.29, 0.717) is 39.7 Å². The van der Waals surface area contributed by atoms with E-state index in [1.807, 2.05) is 19.9 Å². The molecule has 0 spiro atoms. The summed E-state index contributed by atoms with van der Waals surface area (Å²) >= 11 is 0. The number of amides is 1. The number of aryl methyl sites for hydroxylation is 2. The molecule has 0 unspecified atom stereocenters. The molecule has 0 aliphatic heterocycles. The zero-order valence-corrected chi connectivity index (χ0v) is 19.2. The van der Waals surface area contributed by atoms with Crippen LogP contribution in [0.1, 0.15) is 23.1 Å². The minimum atomic E-state index is -0.455. The van der Waals surface area contributed by atoms with Gasteiger partial charge in [0.15, 0.2) is 11.5 Å². The minimum Gasteiger partial charge on any atom is -0.493 e. The standard InChI is InChI=1S/C25H25NO7/c1-13-12-32-19-11-20-18(10-17(13)19)14(2)16(25(28)33-20)6-7-23(27)26-15-8-21(29-3)24(31-5)22(9-15)30-4/h8-12H,6-7H2,1-5H3,(H,26,27). The number of carbonyl (C=O) groups excluding carboxylic acids is 1. The van der Waals surface area contributed by atoms with Crippen molar-refractivity contribution >= 4 is 33.5 Å². The highest BCUT2D eigenvalue weighted by Gasteiger charge is 2.17. The van der Waals surface area contributed by atoms with E-state index >= 15 is 0 Å². The van der Waals surface area contributed by atoms with Gasteiger partial charge in [-0.1, -0.05) is 0 Å². The highest BCUT2D eigenvalue weighted by molar-refractivity contribution is 5.96. The third-order valence-electron chi connectivity index (χ3n) is 5.73. The molecule has 0 radical (unpaired) electrons. The lowest BCUT2D eigenvalue weighted by molar-refractivity contribution is -0.116. The monoisotopic (exact) mass is 451 g/mol. The van der Waals surface area contributed by atoms with Crippen LogP contribution >= 0.6 is 0 Å². The summed E-state index contributed by atoms with van der Waals surface area (Å²) < 4.78 is 27.0. The van der Waals surface area contributed by atoms with Crippen molar-refractivity contribution in [2.45, 2.75) is 26.7 Å². The molecule has 33 heavy (non-hydrogen) atoms. The van der Waals surface area contributed by atoms with Gasteiger partial charge in [-0.05, 0) is 37.5 Å². The van der Waals surface area contributed by atoms with Gasteiger partial charge < -0.3 is 28.4 Å². The van der Waals surface area contributed by atoms with Crippen molar-refractivity contribution in [3.63, 3.8) is 0 Å². The number of fused-ring (bicyclic) bond motifs is 2. The number of furan rings is 1. The molecule has 172 valence electrons. The van der Waals surface area contributed by atoms with E-state index in [4.69, 9.17) is 23.0 Å². The van der Waals surface area contributed by atoms with Crippen LogP contribution in [-0.4, -0.2) is 27.2 Å². The van der Waals surface area contributed by atoms with Crippen LogP contribution in [0.3, 0.4) is 0 Å². The van der Waals surface area contributed by atoms with E-state index in [9.17, 15) is 9.59 Å². The maximum atomic E-state index is 12.6. The van der Waals surface area contributed by atoms with Gasteiger partial charge in [0.2, 0.25) is 11.7 Å². The predicted molar refractivity (Wildman–Crippen MR) is 125 cm³/mol. The van der Waals surface area contributed by atoms with Crippen molar-refractivity contribution in [1.29, 1.82) is 0 Å². The van der Waals surface area contributed by atoms with Gasteiger partial charge in [-0.3, -0.25) is 4.79 Å². The Morgan fingerprint density at radius 1 is 0.939 bits per heavy atom. The van der Waals surface area contributed by atoms with Crippen LogP contribution in [0.5, 0.6) is 17.2 Å². The molecule has 2 heterocycles. The second kappa shape index (κ2) is 8.90. The van der Waals surface area contributed by atoms with Gasteiger partial charge in [0.25, 0.3) is 0 Å². The maximum Gasteiger partial charge on any atom is 0.339 e. The molecule has 0 fully saturated rings. The number of methoxy groups -OCH3 is 3. The number of nitrogens with one attached hydrogen (secondary N) is 1. The van der Waals surface area contributed by atoms with Gasteiger partial charge >= 0.3 is 5.63 Å². The summed E-state index contributed by atoms with van der Waals surface area (Å²) in [7, 11) is 4.52. The van der Waals surface area contributed by atoms with Crippen LogP contribution in [-0.2, 0) is 11.2 Å². The highest BCUT2D eigenvalue weighted by Crippen LogP contribution is 2.40. The van der Waals surface area contributed by atoms with Crippen LogP contribution in [0, 0.1) is 13.8 Å². The molecule has 1 N–H and O–H groups in total. The summed E-state index contributed by atoms with van der Waals surface area (Å²) in [5.74, 6) is 1.03. The number of hydrogen-bond acceptors (Lipinski definition) is 7.